The van der Waals surface area contributed by atoms with Crippen LogP contribution in [-0.2, 0) is 0 Å². The molecular weight excluding hydrogens is 220 g/mol. The summed E-state index contributed by atoms with van der Waals surface area (Å²) in [7, 11) is 0. The first-order valence-electron chi connectivity index (χ1n) is 8.14. The summed E-state index contributed by atoms with van der Waals surface area (Å²) in [6.45, 7) is 12.0. The Bertz CT molecular complexity index is 253. The van der Waals surface area contributed by atoms with Gasteiger partial charge in [0.1, 0.15) is 0 Å². The van der Waals surface area contributed by atoms with Crippen molar-refractivity contribution in [2.45, 2.75) is 77.9 Å². The van der Waals surface area contributed by atoms with Gasteiger partial charge in [-0.25, -0.2) is 0 Å². The number of piperazine rings is 1. The molecule has 2 heteroatoms. The molecule has 0 aromatic carbocycles. The topological polar surface area (TPSA) is 15.3 Å². The summed E-state index contributed by atoms with van der Waals surface area (Å²) in [5.74, 6) is 1.85. The summed E-state index contributed by atoms with van der Waals surface area (Å²) in [6, 6.07) is 2.36. The van der Waals surface area contributed by atoms with Gasteiger partial charge in [-0.1, -0.05) is 27.7 Å². The standard InChI is InChI=1S/C16H32N2/c1-5-14-11-18(15(6-2)10-17-14)16-8-7-12(3)13(4)9-16/h12-17H,5-11H2,1-4H3. The van der Waals surface area contributed by atoms with Crippen LogP contribution in [0.15, 0.2) is 0 Å². The largest absolute Gasteiger partial charge is 0.311 e. The monoisotopic (exact) mass is 252 g/mol. The summed E-state index contributed by atoms with van der Waals surface area (Å²) in [4.78, 5) is 2.85. The molecule has 0 bridgehead atoms. The highest BCUT2D eigenvalue weighted by atomic mass is 15.3. The Balaban J connectivity index is 1.99. The third-order valence-electron chi connectivity index (χ3n) is 5.55. The Labute approximate surface area is 114 Å². The van der Waals surface area contributed by atoms with Crippen LogP contribution >= 0.6 is 0 Å². The third-order valence-corrected chi connectivity index (χ3v) is 5.55. The molecular formula is C16H32N2. The minimum atomic E-state index is 0.724. The average Bonchev–Trinajstić information content (AvgIpc) is 2.41. The van der Waals surface area contributed by atoms with Gasteiger partial charge >= 0.3 is 0 Å². The Hall–Kier alpha value is -0.0800. The van der Waals surface area contributed by atoms with E-state index in [1.807, 2.05) is 0 Å². The van der Waals surface area contributed by atoms with Crippen LogP contribution in [0, 0.1) is 11.8 Å². The first kappa shape index (κ1) is 14.3. The second kappa shape index (κ2) is 6.38. The Morgan fingerprint density at radius 2 is 1.83 bits per heavy atom. The van der Waals surface area contributed by atoms with E-state index in [0.29, 0.717) is 0 Å². The van der Waals surface area contributed by atoms with E-state index in [1.165, 1.54) is 45.2 Å². The summed E-state index contributed by atoms with van der Waals surface area (Å²) < 4.78 is 0. The van der Waals surface area contributed by atoms with Gasteiger partial charge in [0.2, 0.25) is 0 Å². The van der Waals surface area contributed by atoms with E-state index in [4.69, 9.17) is 0 Å². The lowest BCUT2D eigenvalue weighted by molar-refractivity contribution is 0.0369. The molecule has 5 unspecified atom stereocenters. The molecule has 0 spiro atoms. The van der Waals surface area contributed by atoms with Gasteiger partial charge in [0.25, 0.3) is 0 Å². The van der Waals surface area contributed by atoms with Gasteiger partial charge in [-0.15, -0.1) is 0 Å². The van der Waals surface area contributed by atoms with Crippen LogP contribution in [0.4, 0.5) is 0 Å². The van der Waals surface area contributed by atoms with Gasteiger partial charge < -0.3 is 5.32 Å². The van der Waals surface area contributed by atoms with Gasteiger partial charge in [0.15, 0.2) is 0 Å². The molecule has 1 saturated carbocycles. The van der Waals surface area contributed by atoms with Crippen molar-refractivity contribution >= 4 is 0 Å². The van der Waals surface area contributed by atoms with Crippen molar-refractivity contribution in [2.75, 3.05) is 13.1 Å². The molecule has 2 aliphatic rings. The number of hydrogen-bond donors (Lipinski definition) is 1. The van der Waals surface area contributed by atoms with Crippen LogP contribution in [0.5, 0.6) is 0 Å². The predicted molar refractivity (Wildman–Crippen MR) is 78.8 cm³/mol. The molecule has 1 N–H and O–H groups in total. The zero-order valence-corrected chi connectivity index (χ0v) is 12.8. The van der Waals surface area contributed by atoms with Crippen molar-refractivity contribution < 1.29 is 0 Å². The highest BCUT2D eigenvalue weighted by Gasteiger charge is 2.34. The maximum absolute atomic E-state index is 3.72. The van der Waals surface area contributed by atoms with Gasteiger partial charge in [0.05, 0.1) is 0 Å². The molecule has 0 aromatic heterocycles. The number of nitrogens with one attached hydrogen (secondary N) is 1. The third kappa shape index (κ3) is 3.08. The van der Waals surface area contributed by atoms with Crippen molar-refractivity contribution in [1.29, 1.82) is 0 Å². The molecule has 5 atom stereocenters. The molecule has 0 aromatic rings. The fraction of sp³-hybridized carbons (Fsp3) is 1.00. The van der Waals surface area contributed by atoms with Gasteiger partial charge in [-0.3, -0.25) is 4.90 Å². The van der Waals surface area contributed by atoms with E-state index in [9.17, 15) is 0 Å². The zero-order chi connectivity index (χ0) is 13.1. The maximum atomic E-state index is 3.72. The Morgan fingerprint density at radius 1 is 1.06 bits per heavy atom. The van der Waals surface area contributed by atoms with Crippen LogP contribution in [0.3, 0.4) is 0 Å². The van der Waals surface area contributed by atoms with Crippen LogP contribution in [-0.4, -0.2) is 36.1 Å². The zero-order valence-electron chi connectivity index (χ0n) is 12.8. The van der Waals surface area contributed by atoms with Crippen molar-refractivity contribution in [1.82, 2.24) is 10.2 Å². The fourth-order valence-electron chi connectivity index (χ4n) is 3.81. The number of hydrogen-bond acceptors (Lipinski definition) is 2. The van der Waals surface area contributed by atoms with E-state index in [1.54, 1.807) is 0 Å². The van der Waals surface area contributed by atoms with Crippen LogP contribution < -0.4 is 5.32 Å². The van der Waals surface area contributed by atoms with Crippen molar-refractivity contribution in [3.8, 4) is 0 Å². The lowest BCUT2D eigenvalue weighted by Crippen LogP contribution is -2.59. The molecule has 18 heavy (non-hydrogen) atoms. The van der Waals surface area contributed by atoms with Crippen LogP contribution in [0.2, 0.25) is 0 Å². The first-order valence-corrected chi connectivity index (χ1v) is 8.14. The molecule has 0 amide bonds. The molecule has 106 valence electrons. The highest BCUT2D eigenvalue weighted by Crippen LogP contribution is 2.33. The van der Waals surface area contributed by atoms with E-state index < -0.39 is 0 Å². The Morgan fingerprint density at radius 3 is 2.44 bits per heavy atom. The quantitative estimate of drug-likeness (QED) is 0.829. The second-order valence-electron chi connectivity index (χ2n) is 6.69. The fourth-order valence-corrected chi connectivity index (χ4v) is 3.81. The molecule has 1 heterocycles. The molecule has 2 rings (SSSR count). The molecule has 1 aliphatic carbocycles. The van der Waals surface area contributed by atoms with E-state index in [2.05, 4.69) is 37.9 Å². The van der Waals surface area contributed by atoms with Crippen molar-refractivity contribution in [3.05, 3.63) is 0 Å². The van der Waals surface area contributed by atoms with Gasteiger partial charge in [-0.05, 0) is 43.9 Å². The summed E-state index contributed by atoms with van der Waals surface area (Å²) in [6.07, 6.45) is 6.85. The molecule has 1 saturated heterocycles. The van der Waals surface area contributed by atoms with Gasteiger partial charge in [-0.2, -0.15) is 0 Å². The SMILES string of the molecule is CCC1CN(C2CCC(C)C(C)C2)C(CC)CN1. The Kier molecular flexibility index (Phi) is 5.08. The first-order chi connectivity index (χ1) is 8.65. The van der Waals surface area contributed by atoms with Gasteiger partial charge in [0, 0.05) is 31.2 Å². The van der Waals surface area contributed by atoms with E-state index >= 15 is 0 Å². The second-order valence-corrected chi connectivity index (χ2v) is 6.69. The minimum absolute atomic E-state index is 0.724. The summed E-state index contributed by atoms with van der Waals surface area (Å²) >= 11 is 0. The smallest absolute Gasteiger partial charge is 0.0221 e. The maximum Gasteiger partial charge on any atom is 0.0221 e. The average molecular weight is 252 g/mol. The summed E-state index contributed by atoms with van der Waals surface area (Å²) in [5, 5.41) is 3.72. The summed E-state index contributed by atoms with van der Waals surface area (Å²) in [5.41, 5.74) is 0. The molecule has 2 nitrogen and oxygen atoms in total. The van der Waals surface area contributed by atoms with E-state index in [0.717, 1.165) is 30.0 Å². The minimum Gasteiger partial charge on any atom is -0.311 e. The van der Waals surface area contributed by atoms with Crippen LogP contribution in [0.1, 0.15) is 59.8 Å². The number of rotatable bonds is 3. The van der Waals surface area contributed by atoms with E-state index in [-0.39, 0.29) is 0 Å². The highest BCUT2D eigenvalue weighted by molar-refractivity contribution is 4.91. The number of nitrogens with zero attached hydrogens (tertiary/aromatic N) is 1. The lowest BCUT2D eigenvalue weighted by atomic mass is 9.78. The van der Waals surface area contributed by atoms with Crippen molar-refractivity contribution in [3.63, 3.8) is 0 Å². The molecule has 1 aliphatic heterocycles. The molecule has 0 radical (unpaired) electrons. The normalized spacial score (nSPS) is 43.0. The van der Waals surface area contributed by atoms with Crippen molar-refractivity contribution in [2.24, 2.45) is 11.8 Å². The molecule has 2 fully saturated rings. The lowest BCUT2D eigenvalue weighted by Gasteiger charge is -2.47. The van der Waals surface area contributed by atoms with Crippen LogP contribution in [0.25, 0.3) is 0 Å². The predicted octanol–water partition coefficient (Wildman–Crippen LogP) is 3.27.